The van der Waals surface area contributed by atoms with E-state index in [4.69, 9.17) is 4.74 Å². The number of halogens is 1. The number of ether oxygens (including phenoxy) is 1. The molecule has 0 saturated carbocycles. The number of rotatable bonds is 7. The lowest BCUT2D eigenvalue weighted by Crippen LogP contribution is -2.44. The summed E-state index contributed by atoms with van der Waals surface area (Å²) in [5, 5.41) is 7.34. The number of imide groups is 1. The van der Waals surface area contributed by atoms with Gasteiger partial charge >= 0.3 is 6.09 Å². The molecule has 1 aromatic carbocycles. The van der Waals surface area contributed by atoms with E-state index in [-0.39, 0.29) is 30.8 Å². The lowest BCUT2D eigenvalue weighted by atomic mass is 10.1. The highest BCUT2D eigenvalue weighted by Crippen LogP contribution is 2.25. The first-order valence-corrected chi connectivity index (χ1v) is 9.93. The summed E-state index contributed by atoms with van der Waals surface area (Å²) in [5.41, 5.74) is -0.173. The Morgan fingerprint density at radius 3 is 2.20 bits per heavy atom. The predicted molar refractivity (Wildman–Crippen MR) is 110 cm³/mol. The Morgan fingerprint density at radius 2 is 1.57 bits per heavy atom. The number of hydrogen-bond acceptors (Lipinski definition) is 6. The summed E-state index contributed by atoms with van der Waals surface area (Å²) in [6.45, 7) is 4.62. The Morgan fingerprint density at radius 1 is 0.967 bits per heavy atom. The van der Waals surface area contributed by atoms with E-state index in [2.05, 4.69) is 31.9 Å². The predicted octanol–water partition coefficient (Wildman–Crippen LogP) is 0.802. The van der Waals surface area contributed by atoms with Crippen LogP contribution in [0.2, 0.25) is 0 Å². The van der Waals surface area contributed by atoms with E-state index < -0.39 is 41.9 Å². The van der Waals surface area contributed by atoms with E-state index in [9.17, 15) is 24.0 Å². The van der Waals surface area contributed by atoms with Gasteiger partial charge in [0.05, 0.1) is 17.7 Å². The smallest absolute Gasteiger partial charge is 0.408 e. The van der Waals surface area contributed by atoms with Gasteiger partial charge in [-0.25, -0.2) is 4.79 Å². The van der Waals surface area contributed by atoms with Crippen molar-refractivity contribution >= 4 is 45.7 Å². The summed E-state index contributed by atoms with van der Waals surface area (Å²) >= 11 is 3.24. The fraction of sp³-hybridized carbons (Fsp3) is 0.421. The number of alkyl carbamates (subject to hydrolysis) is 1. The van der Waals surface area contributed by atoms with Crippen LogP contribution in [0.1, 0.15) is 41.5 Å². The van der Waals surface area contributed by atoms with Gasteiger partial charge in [0, 0.05) is 17.6 Å². The fourth-order valence-corrected chi connectivity index (χ4v) is 2.90. The maximum atomic E-state index is 12.3. The molecule has 0 unspecified atom stereocenters. The fourth-order valence-electron chi connectivity index (χ4n) is 2.54. The van der Waals surface area contributed by atoms with Gasteiger partial charge in [-0.2, -0.15) is 0 Å². The number of amides is 5. The van der Waals surface area contributed by atoms with Crippen LogP contribution >= 0.6 is 15.9 Å². The average Bonchev–Trinajstić information content (AvgIpc) is 2.86. The number of nitrogens with one attached hydrogen (secondary N) is 3. The molecule has 0 spiro atoms. The first kappa shape index (κ1) is 23.3. The number of carbonyl (C=O) groups excluding carboxylic acids is 5. The maximum Gasteiger partial charge on any atom is 0.408 e. The Balaban J connectivity index is 1.68. The second-order valence-corrected chi connectivity index (χ2v) is 8.36. The summed E-state index contributed by atoms with van der Waals surface area (Å²) in [5.74, 6) is -2.06. The van der Waals surface area contributed by atoms with Crippen molar-refractivity contribution in [3.63, 3.8) is 0 Å². The molecule has 3 N–H and O–H groups in total. The topological polar surface area (TPSA) is 134 Å². The van der Waals surface area contributed by atoms with Gasteiger partial charge in [-0.05, 0) is 39.0 Å². The third-order valence-corrected chi connectivity index (χ3v) is 4.29. The molecule has 1 aliphatic rings. The normalized spacial score (nSPS) is 13.0. The summed E-state index contributed by atoms with van der Waals surface area (Å²) in [6, 6.07) is 4.71. The second kappa shape index (κ2) is 9.70. The molecule has 1 aliphatic heterocycles. The molecular formula is C19H23BrN4O6. The Hall–Kier alpha value is -2.95. The van der Waals surface area contributed by atoms with Crippen molar-refractivity contribution in [2.45, 2.75) is 26.4 Å². The quantitative estimate of drug-likeness (QED) is 0.388. The van der Waals surface area contributed by atoms with E-state index >= 15 is 0 Å². The van der Waals surface area contributed by atoms with E-state index in [1.165, 1.54) is 12.1 Å². The molecular weight excluding hydrogens is 460 g/mol. The van der Waals surface area contributed by atoms with Crippen LogP contribution in [0.25, 0.3) is 0 Å². The molecule has 2 rings (SSSR count). The first-order valence-electron chi connectivity index (χ1n) is 9.14. The molecule has 30 heavy (non-hydrogen) atoms. The maximum absolute atomic E-state index is 12.3. The lowest BCUT2D eigenvalue weighted by molar-refractivity contribution is -0.122. The van der Waals surface area contributed by atoms with Gasteiger partial charge in [0.25, 0.3) is 11.8 Å². The molecule has 5 amide bonds. The summed E-state index contributed by atoms with van der Waals surface area (Å²) in [6.07, 6.45) is -0.709. The van der Waals surface area contributed by atoms with Crippen LogP contribution in [0.15, 0.2) is 22.7 Å². The molecule has 0 atom stereocenters. The molecule has 1 heterocycles. The first-order chi connectivity index (χ1) is 14.0. The third kappa shape index (κ3) is 6.55. The van der Waals surface area contributed by atoms with Gasteiger partial charge in [0.1, 0.15) is 12.1 Å². The molecule has 0 aromatic heterocycles. The number of carbonyl (C=O) groups is 5. The molecule has 1 aromatic rings. The summed E-state index contributed by atoms with van der Waals surface area (Å²) in [4.78, 5) is 60.7. The largest absolute Gasteiger partial charge is 0.444 e. The van der Waals surface area contributed by atoms with Crippen LogP contribution in [0.3, 0.4) is 0 Å². The average molecular weight is 483 g/mol. The highest BCUT2D eigenvalue weighted by atomic mass is 79.9. The standard InChI is InChI=1S/C19H23BrN4O6/c1-19(2,3)30-18(29)23-9-14(25)21-6-7-22-15(26)10-24-16(27)12-5-4-11(20)8-13(12)17(24)28/h4-5,8H,6-7,9-10H2,1-3H3,(H,21,25)(H,22,26)(H,23,29). The highest BCUT2D eigenvalue weighted by molar-refractivity contribution is 9.10. The van der Waals surface area contributed by atoms with E-state index in [1.54, 1.807) is 26.8 Å². The van der Waals surface area contributed by atoms with Crippen molar-refractivity contribution in [1.82, 2.24) is 20.9 Å². The molecule has 162 valence electrons. The van der Waals surface area contributed by atoms with Gasteiger partial charge in [-0.3, -0.25) is 24.1 Å². The second-order valence-electron chi connectivity index (χ2n) is 7.44. The van der Waals surface area contributed by atoms with Gasteiger partial charge in [-0.15, -0.1) is 0 Å². The van der Waals surface area contributed by atoms with E-state index in [0.29, 0.717) is 4.47 Å². The monoisotopic (exact) mass is 482 g/mol. The van der Waals surface area contributed by atoms with Crippen molar-refractivity contribution in [3.8, 4) is 0 Å². The minimum atomic E-state index is -0.709. The Bertz CT molecular complexity index is 880. The Labute approximate surface area is 181 Å². The number of benzene rings is 1. The zero-order chi connectivity index (χ0) is 22.5. The van der Waals surface area contributed by atoms with Gasteiger partial charge in [-0.1, -0.05) is 15.9 Å². The van der Waals surface area contributed by atoms with Crippen LogP contribution in [-0.4, -0.2) is 66.4 Å². The van der Waals surface area contributed by atoms with Gasteiger partial charge in [0.15, 0.2) is 0 Å². The zero-order valence-electron chi connectivity index (χ0n) is 16.8. The zero-order valence-corrected chi connectivity index (χ0v) is 18.4. The molecule has 0 radical (unpaired) electrons. The van der Waals surface area contributed by atoms with Crippen LogP contribution in [0.4, 0.5) is 4.79 Å². The Kier molecular flexibility index (Phi) is 7.54. The number of fused-ring (bicyclic) bond motifs is 1. The van der Waals surface area contributed by atoms with Gasteiger partial charge < -0.3 is 20.7 Å². The molecule has 0 saturated heterocycles. The van der Waals surface area contributed by atoms with E-state index in [0.717, 1.165) is 4.90 Å². The van der Waals surface area contributed by atoms with Crippen LogP contribution in [-0.2, 0) is 14.3 Å². The lowest BCUT2D eigenvalue weighted by Gasteiger charge is -2.19. The SMILES string of the molecule is CC(C)(C)OC(=O)NCC(=O)NCCNC(=O)CN1C(=O)c2ccc(Br)cc2C1=O. The van der Waals surface area contributed by atoms with Crippen molar-refractivity contribution in [3.05, 3.63) is 33.8 Å². The molecule has 0 aliphatic carbocycles. The molecule has 11 heteroatoms. The van der Waals surface area contributed by atoms with E-state index in [1.807, 2.05) is 0 Å². The van der Waals surface area contributed by atoms with Crippen LogP contribution in [0, 0.1) is 0 Å². The van der Waals surface area contributed by atoms with Crippen LogP contribution in [0.5, 0.6) is 0 Å². The number of nitrogens with zero attached hydrogens (tertiary/aromatic N) is 1. The van der Waals surface area contributed by atoms with Crippen molar-refractivity contribution in [2.75, 3.05) is 26.2 Å². The molecule has 0 bridgehead atoms. The molecule has 10 nitrogen and oxygen atoms in total. The van der Waals surface area contributed by atoms with Crippen LogP contribution < -0.4 is 16.0 Å². The van der Waals surface area contributed by atoms with Crippen molar-refractivity contribution in [2.24, 2.45) is 0 Å². The minimum Gasteiger partial charge on any atom is -0.444 e. The molecule has 0 fully saturated rings. The summed E-state index contributed by atoms with van der Waals surface area (Å²) in [7, 11) is 0. The number of hydrogen-bond donors (Lipinski definition) is 3. The van der Waals surface area contributed by atoms with Gasteiger partial charge in [0.2, 0.25) is 11.8 Å². The highest BCUT2D eigenvalue weighted by Gasteiger charge is 2.36. The minimum absolute atomic E-state index is 0.0890. The van der Waals surface area contributed by atoms with Crippen molar-refractivity contribution < 1.29 is 28.7 Å². The third-order valence-electron chi connectivity index (χ3n) is 3.80. The summed E-state index contributed by atoms with van der Waals surface area (Å²) < 4.78 is 5.66. The van der Waals surface area contributed by atoms with Crippen molar-refractivity contribution in [1.29, 1.82) is 0 Å².